The van der Waals surface area contributed by atoms with Crippen LogP contribution in [0, 0.1) is 5.82 Å². The summed E-state index contributed by atoms with van der Waals surface area (Å²) in [5.41, 5.74) is 3.17. The summed E-state index contributed by atoms with van der Waals surface area (Å²) in [5, 5.41) is 3.35. The molecule has 0 saturated carbocycles. The zero-order chi connectivity index (χ0) is 24.2. The number of halogens is 1. The van der Waals surface area contributed by atoms with E-state index in [1.807, 2.05) is 57.1 Å². The van der Waals surface area contributed by atoms with Crippen LogP contribution in [0.1, 0.15) is 38.7 Å². The van der Waals surface area contributed by atoms with E-state index >= 15 is 0 Å². The Morgan fingerprint density at radius 1 is 1.03 bits per heavy atom. The Balaban J connectivity index is 1.75. The largest absolute Gasteiger partial charge is 0.378 e. The molecule has 180 valence electrons. The number of benzene rings is 2. The number of aliphatic imine (C=N–C) groups is 1. The van der Waals surface area contributed by atoms with Crippen LogP contribution < -0.4 is 15.1 Å². The number of anilines is 2. The van der Waals surface area contributed by atoms with Crippen molar-refractivity contribution in [1.82, 2.24) is 10.2 Å². The lowest BCUT2D eigenvalue weighted by Crippen LogP contribution is -2.47. The van der Waals surface area contributed by atoms with Gasteiger partial charge >= 0.3 is 0 Å². The molecule has 2 aliphatic rings. The van der Waals surface area contributed by atoms with Gasteiger partial charge in [-0.1, -0.05) is 18.2 Å². The van der Waals surface area contributed by atoms with E-state index in [4.69, 9.17) is 4.99 Å². The normalized spacial score (nSPS) is 16.3. The number of rotatable bonds is 5. The number of amides is 1. The number of likely N-dealkylation sites (tertiary alicyclic amines) is 1. The van der Waals surface area contributed by atoms with Gasteiger partial charge in [0, 0.05) is 50.2 Å². The highest BCUT2D eigenvalue weighted by molar-refractivity contribution is 6.13. The highest BCUT2D eigenvalue weighted by Gasteiger charge is 2.31. The van der Waals surface area contributed by atoms with Crippen LogP contribution in [-0.2, 0) is 4.79 Å². The topological polar surface area (TPSA) is 51.2 Å². The fourth-order valence-electron chi connectivity index (χ4n) is 4.53. The van der Waals surface area contributed by atoms with Crippen molar-refractivity contribution in [1.29, 1.82) is 0 Å². The van der Waals surface area contributed by atoms with E-state index in [2.05, 4.69) is 10.2 Å². The molecule has 1 fully saturated rings. The van der Waals surface area contributed by atoms with Gasteiger partial charge in [0.1, 0.15) is 5.82 Å². The zero-order valence-electron chi connectivity index (χ0n) is 20.5. The number of nitrogens with zero attached hydrogens (tertiary/aromatic N) is 4. The van der Waals surface area contributed by atoms with E-state index < -0.39 is 0 Å². The molecule has 0 spiro atoms. The fourth-order valence-corrected chi connectivity index (χ4v) is 4.53. The van der Waals surface area contributed by atoms with Crippen LogP contribution in [-0.4, -0.2) is 56.5 Å². The first-order valence-electron chi connectivity index (χ1n) is 12.0. The number of hydrogen-bond donors (Lipinski definition) is 1. The molecule has 1 saturated heterocycles. The quantitative estimate of drug-likeness (QED) is 0.710. The van der Waals surface area contributed by atoms with Gasteiger partial charge in [-0.15, -0.1) is 0 Å². The molecule has 2 heterocycles. The van der Waals surface area contributed by atoms with Gasteiger partial charge in [-0.2, -0.15) is 0 Å². The molecule has 6 nitrogen and oxygen atoms in total. The van der Waals surface area contributed by atoms with Gasteiger partial charge in [-0.05, 0) is 63.4 Å². The molecule has 0 bridgehead atoms. The van der Waals surface area contributed by atoms with Crippen molar-refractivity contribution >= 4 is 28.9 Å². The van der Waals surface area contributed by atoms with Gasteiger partial charge < -0.3 is 20.0 Å². The highest BCUT2D eigenvalue weighted by atomic mass is 19.1. The maximum Gasteiger partial charge on any atom is 0.258 e. The van der Waals surface area contributed by atoms with Crippen molar-refractivity contribution in [2.45, 2.75) is 39.2 Å². The summed E-state index contributed by atoms with van der Waals surface area (Å²) in [6.45, 7) is 6.01. The summed E-state index contributed by atoms with van der Waals surface area (Å²) < 4.78 is 14.9. The number of carbonyl (C=O) groups excluding carboxylic acids is 1. The van der Waals surface area contributed by atoms with Gasteiger partial charge in [0.25, 0.3) is 5.91 Å². The molecule has 0 unspecified atom stereocenters. The number of hydrogen-bond acceptors (Lipinski definition) is 5. The van der Waals surface area contributed by atoms with Crippen molar-refractivity contribution < 1.29 is 9.18 Å². The predicted octanol–water partition coefficient (Wildman–Crippen LogP) is 4.49. The lowest BCUT2D eigenvalue weighted by Gasteiger charge is -2.35. The standard InChI is InChI=1S/C27H34FN5O/c1-19(2)33(21-12-10-11-20(17-21)31(3)4)26(34)23-18-29-27(32-15-8-5-9-16-32)30-25(23)22-13-6-7-14-24(22)28/h6-7,10-14,17,19H,5,8-9,15-16,18H2,1-4H3,(H,29,30). The molecule has 7 heteroatoms. The second-order valence-electron chi connectivity index (χ2n) is 9.33. The Kier molecular flexibility index (Phi) is 7.20. The van der Waals surface area contributed by atoms with E-state index in [0.29, 0.717) is 16.8 Å². The molecule has 1 amide bonds. The van der Waals surface area contributed by atoms with E-state index in [-0.39, 0.29) is 24.3 Å². The van der Waals surface area contributed by atoms with Crippen LogP contribution in [0.4, 0.5) is 15.8 Å². The zero-order valence-corrected chi connectivity index (χ0v) is 20.5. The molecule has 2 aromatic carbocycles. The maximum atomic E-state index is 14.9. The highest BCUT2D eigenvalue weighted by Crippen LogP contribution is 2.29. The minimum atomic E-state index is -0.360. The molecule has 34 heavy (non-hydrogen) atoms. The van der Waals surface area contributed by atoms with Crippen molar-refractivity contribution in [3.8, 4) is 0 Å². The van der Waals surface area contributed by atoms with Crippen LogP contribution in [0.5, 0.6) is 0 Å². The molecule has 0 aromatic heterocycles. The van der Waals surface area contributed by atoms with Crippen LogP contribution >= 0.6 is 0 Å². The summed E-state index contributed by atoms with van der Waals surface area (Å²) in [6.07, 6.45) is 3.42. The third kappa shape index (κ3) is 4.93. The number of carbonyl (C=O) groups is 1. The lowest BCUT2D eigenvalue weighted by molar-refractivity contribution is -0.115. The number of guanidine groups is 1. The van der Waals surface area contributed by atoms with Crippen molar-refractivity contribution in [2.75, 3.05) is 43.5 Å². The van der Waals surface area contributed by atoms with Crippen LogP contribution in [0.3, 0.4) is 0 Å². The average Bonchev–Trinajstić information content (AvgIpc) is 2.84. The summed E-state index contributed by atoms with van der Waals surface area (Å²) in [5.74, 6) is 0.194. The Hall–Kier alpha value is -3.35. The molecule has 2 aromatic rings. The van der Waals surface area contributed by atoms with Crippen molar-refractivity contribution in [3.63, 3.8) is 0 Å². The third-order valence-electron chi connectivity index (χ3n) is 6.34. The van der Waals surface area contributed by atoms with Crippen molar-refractivity contribution in [3.05, 3.63) is 65.5 Å². The second kappa shape index (κ2) is 10.3. The monoisotopic (exact) mass is 463 g/mol. The van der Waals surface area contributed by atoms with Gasteiger partial charge in [-0.25, -0.2) is 9.38 Å². The molecule has 0 radical (unpaired) electrons. The summed E-state index contributed by atoms with van der Waals surface area (Å²) >= 11 is 0. The lowest BCUT2D eigenvalue weighted by atomic mass is 10.0. The maximum absolute atomic E-state index is 14.9. The van der Waals surface area contributed by atoms with E-state index in [0.717, 1.165) is 43.3 Å². The van der Waals surface area contributed by atoms with Gasteiger partial charge in [0.2, 0.25) is 0 Å². The van der Waals surface area contributed by atoms with Gasteiger partial charge in [-0.3, -0.25) is 4.79 Å². The molecule has 2 aliphatic heterocycles. The van der Waals surface area contributed by atoms with E-state index in [1.54, 1.807) is 23.1 Å². The SMILES string of the molecule is CC(C)N(C(=O)C1=C(c2ccccc2F)NC(N2CCCCC2)=NC1)c1cccc(N(C)C)c1. The Morgan fingerprint density at radius 3 is 2.41 bits per heavy atom. The Bertz CT molecular complexity index is 1100. The average molecular weight is 464 g/mol. The summed E-state index contributed by atoms with van der Waals surface area (Å²) in [4.78, 5) is 24.7. The van der Waals surface area contributed by atoms with E-state index in [1.165, 1.54) is 12.5 Å². The minimum absolute atomic E-state index is 0.0910. The summed E-state index contributed by atoms with van der Waals surface area (Å²) in [6, 6.07) is 14.4. The number of piperidine rings is 1. The molecule has 0 atom stereocenters. The Morgan fingerprint density at radius 2 is 1.74 bits per heavy atom. The van der Waals surface area contributed by atoms with Gasteiger partial charge in [0.15, 0.2) is 5.96 Å². The first kappa shape index (κ1) is 23.8. The minimum Gasteiger partial charge on any atom is -0.378 e. The van der Waals surface area contributed by atoms with Crippen LogP contribution in [0.2, 0.25) is 0 Å². The van der Waals surface area contributed by atoms with Crippen LogP contribution in [0.15, 0.2) is 59.1 Å². The first-order chi connectivity index (χ1) is 16.4. The van der Waals surface area contributed by atoms with Crippen molar-refractivity contribution in [2.24, 2.45) is 4.99 Å². The van der Waals surface area contributed by atoms with E-state index in [9.17, 15) is 9.18 Å². The smallest absolute Gasteiger partial charge is 0.258 e. The molecule has 0 aliphatic carbocycles. The third-order valence-corrected chi connectivity index (χ3v) is 6.34. The molecular weight excluding hydrogens is 429 g/mol. The summed E-state index contributed by atoms with van der Waals surface area (Å²) in [7, 11) is 3.95. The number of nitrogens with one attached hydrogen (secondary N) is 1. The Labute approximate surface area is 201 Å². The molecule has 4 rings (SSSR count). The molecular formula is C27H34FN5O. The first-order valence-corrected chi connectivity index (χ1v) is 12.0. The van der Waals surface area contributed by atoms with Gasteiger partial charge in [0.05, 0.1) is 17.8 Å². The fraction of sp³-hybridized carbons (Fsp3) is 0.407. The van der Waals surface area contributed by atoms with Crippen LogP contribution in [0.25, 0.3) is 5.70 Å². The second-order valence-corrected chi connectivity index (χ2v) is 9.33. The predicted molar refractivity (Wildman–Crippen MR) is 138 cm³/mol. The molecule has 1 N–H and O–H groups in total.